The SMILES string of the molecule is Cc1cc(-c2nnc(-c3ccc(Br)cc3)o2)n[nH]1. The Labute approximate surface area is 111 Å². The van der Waals surface area contributed by atoms with Crippen molar-refractivity contribution in [1.82, 2.24) is 20.4 Å². The molecule has 1 N–H and O–H groups in total. The standard InChI is InChI=1S/C12H9BrN4O/c1-7-6-10(15-14-7)12-17-16-11(18-12)8-2-4-9(13)5-3-8/h2-6H,1H3,(H,14,15). The number of halogens is 1. The van der Waals surface area contributed by atoms with Crippen LogP contribution in [0.3, 0.4) is 0 Å². The molecule has 0 saturated heterocycles. The number of benzene rings is 1. The van der Waals surface area contributed by atoms with Gasteiger partial charge in [-0.3, -0.25) is 5.10 Å². The third kappa shape index (κ3) is 2.06. The zero-order valence-electron chi connectivity index (χ0n) is 9.51. The van der Waals surface area contributed by atoms with Crippen LogP contribution in [0.4, 0.5) is 0 Å². The van der Waals surface area contributed by atoms with Crippen LogP contribution in [0, 0.1) is 6.92 Å². The normalized spacial score (nSPS) is 10.8. The van der Waals surface area contributed by atoms with Crippen molar-refractivity contribution in [3.05, 3.63) is 40.5 Å². The van der Waals surface area contributed by atoms with Gasteiger partial charge in [-0.2, -0.15) is 5.10 Å². The number of H-pyrrole nitrogens is 1. The number of hydrogen-bond acceptors (Lipinski definition) is 4. The van der Waals surface area contributed by atoms with E-state index in [4.69, 9.17) is 4.42 Å². The molecule has 0 aliphatic carbocycles. The molecule has 6 heteroatoms. The quantitative estimate of drug-likeness (QED) is 0.789. The second-order valence-electron chi connectivity index (χ2n) is 3.86. The van der Waals surface area contributed by atoms with Gasteiger partial charge in [0.15, 0.2) is 0 Å². The van der Waals surface area contributed by atoms with Crippen LogP contribution < -0.4 is 0 Å². The molecule has 90 valence electrons. The minimum atomic E-state index is 0.414. The molecule has 3 rings (SSSR count). The van der Waals surface area contributed by atoms with Crippen LogP contribution in [-0.4, -0.2) is 20.4 Å². The van der Waals surface area contributed by atoms with Crippen molar-refractivity contribution in [2.75, 3.05) is 0 Å². The summed E-state index contributed by atoms with van der Waals surface area (Å²) < 4.78 is 6.60. The molecule has 0 unspecified atom stereocenters. The third-order valence-electron chi connectivity index (χ3n) is 2.44. The molecular weight excluding hydrogens is 296 g/mol. The Morgan fingerprint density at radius 3 is 2.50 bits per heavy atom. The number of nitrogens with one attached hydrogen (secondary N) is 1. The molecule has 0 atom stereocenters. The minimum Gasteiger partial charge on any atom is -0.415 e. The Kier molecular flexibility index (Phi) is 2.71. The molecule has 0 aliphatic heterocycles. The van der Waals surface area contributed by atoms with Crippen molar-refractivity contribution in [2.45, 2.75) is 6.92 Å². The van der Waals surface area contributed by atoms with Crippen molar-refractivity contribution in [3.8, 4) is 23.0 Å². The van der Waals surface area contributed by atoms with Crippen molar-refractivity contribution < 1.29 is 4.42 Å². The average Bonchev–Trinajstić information content (AvgIpc) is 2.98. The lowest BCUT2D eigenvalue weighted by atomic mass is 10.2. The lowest BCUT2D eigenvalue weighted by Gasteiger charge is -1.93. The van der Waals surface area contributed by atoms with Crippen LogP contribution in [0.25, 0.3) is 23.0 Å². The van der Waals surface area contributed by atoms with Gasteiger partial charge in [-0.25, -0.2) is 0 Å². The molecule has 0 saturated carbocycles. The minimum absolute atomic E-state index is 0.414. The first-order valence-corrected chi connectivity index (χ1v) is 6.13. The van der Waals surface area contributed by atoms with Crippen LogP contribution in [-0.2, 0) is 0 Å². The topological polar surface area (TPSA) is 67.6 Å². The summed E-state index contributed by atoms with van der Waals surface area (Å²) in [4.78, 5) is 0. The highest BCUT2D eigenvalue weighted by molar-refractivity contribution is 9.10. The summed E-state index contributed by atoms with van der Waals surface area (Å²) in [5, 5.41) is 14.9. The number of aryl methyl sites for hydroxylation is 1. The third-order valence-corrected chi connectivity index (χ3v) is 2.97. The number of aromatic amines is 1. The first kappa shape index (κ1) is 11.2. The Hall–Kier alpha value is -1.95. The highest BCUT2D eigenvalue weighted by atomic mass is 79.9. The summed E-state index contributed by atoms with van der Waals surface area (Å²) in [6.07, 6.45) is 0. The molecule has 2 heterocycles. The summed E-state index contributed by atoms with van der Waals surface area (Å²) in [6.45, 7) is 1.92. The Bertz CT molecular complexity index is 671. The van der Waals surface area contributed by atoms with Crippen molar-refractivity contribution >= 4 is 15.9 Å². The maximum Gasteiger partial charge on any atom is 0.268 e. The van der Waals surface area contributed by atoms with Crippen LogP contribution in [0.1, 0.15) is 5.69 Å². The van der Waals surface area contributed by atoms with Crippen LogP contribution in [0.15, 0.2) is 39.2 Å². The summed E-state index contributed by atoms with van der Waals surface area (Å²) in [6, 6.07) is 9.54. The first-order chi connectivity index (χ1) is 8.72. The van der Waals surface area contributed by atoms with Crippen molar-refractivity contribution in [3.63, 3.8) is 0 Å². The van der Waals surface area contributed by atoms with E-state index in [0.29, 0.717) is 17.5 Å². The molecule has 2 aromatic heterocycles. The van der Waals surface area contributed by atoms with E-state index in [2.05, 4.69) is 36.3 Å². The molecule has 0 spiro atoms. The lowest BCUT2D eigenvalue weighted by molar-refractivity contribution is 0.582. The van der Waals surface area contributed by atoms with E-state index < -0.39 is 0 Å². The number of hydrogen-bond donors (Lipinski definition) is 1. The maximum atomic E-state index is 5.59. The summed E-state index contributed by atoms with van der Waals surface area (Å²) in [5.41, 5.74) is 2.49. The van der Waals surface area contributed by atoms with Gasteiger partial charge in [-0.05, 0) is 37.3 Å². The Balaban J connectivity index is 1.96. The molecule has 0 amide bonds. The first-order valence-electron chi connectivity index (χ1n) is 5.34. The van der Waals surface area contributed by atoms with Gasteiger partial charge < -0.3 is 4.42 Å². The number of rotatable bonds is 2. The predicted octanol–water partition coefficient (Wildman–Crippen LogP) is 3.20. The summed E-state index contributed by atoms with van der Waals surface area (Å²) >= 11 is 3.38. The van der Waals surface area contributed by atoms with Gasteiger partial charge in [0.2, 0.25) is 5.89 Å². The van der Waals surface area contributed by atoms with E-state index in [1.807, 2.05) is 37.3 Å². The van der Waals surface area contributed by atoms with E-state index in [0.717, 1.165) is 15.7 Å². The van der Waals surface area contributed by atoms with E-state index in [9.17, 15) is 0 Å². The second kappa shape index (κ2) is 4.38. The lowest BCUT2D eigenvalue weighted by Crippen LogP contribution is -1.77. The molecule has 0 bridgehead atoms. The van der Waals surface area contributed by atoms with Crippen LogP contribution >= 0.6 is 15.9 Å². The molecule has 1 aromatic carbocycles. The molecule has 3 aromatic rings. The van der Waals surface area contributed by atoms with Crippen molar-refractivity contribution in [1.29, 1.82) is 0 Å². The van der Waals surface area contributed by atoms with Crippen molar-refractivity contribution in [2.24, 2.45) is 0 Å². The molecule has 18 heavy (non-hydrogen) atoms. The smallest absolute Gasteiger partial charge is 0.268 e. The van der Waals surface area contributed by atoms with Crippen LogP contribution in [0.5, 0.6) is 0 Å². The summed E-state index contributed by atoms with van der Waals surface area (Å²) in [5.74, 6) is 0.899. The molecule has 0 fully saturated rings. The van der Waals surface area contributed by atoms with Crippen LogP contribution in [0.2, 0.25) is 0 Å². The van der Waals surface area contributed by atoms with Gasteiger partial charge >= 0.3 is 0 Å². The van der Waals surface area contributed by atoms with Gasteiger partial charge in [-0.1, -0.05) is 15.9 Å². The van der Waals surface area contributed by atoms with Gasteiger partial charge in [0.05, 0.1) is 0 Å². The van der Waals surface area contributed by atoms with E-state index in [-0.39, 0.29) is 0 Å². The highest BCUT2D eigenvalue weighted by Gasteiger charge is 2.12. The fraction of sp³-hybridized carbons (Fsp3) is 0.0833. The zero-order chi connectivity index (χ0) is 12.5. The largest absolute Gasteiger partial charge is 0.415 e. The highest BCUT2D eigenvalue weighted by Crippen LogP contribution is 2.24. The molecule has 5 nitrogen and oxygen atoms in total. The van der Waals surface area contributed by atoms with Gasteiger partial charge in [0.1, 0.15) is 5.69 Å². The predicted molar refractivity (Wildman–Crippen MR) is 69.8 cm³/mol. The fourth-order valence-corrected chi connectivity index (χ4v) is 1.83. The van der Waals surface area contributed by atoms with E-state index in [1.54, 1.807) is 0 Å². The molecular formula is C12H9BrN4O. The average molecular weight is 305 g/mol. The Morgan fingerprint density at radius 1 is 1.11 bits per heavy atom. The molecule has 0 radical (unpaired) electrons. The van der Waals surface area contributed by atoms with Gasteiger partial charge in [-0.15, -0.1) is 10.2 Å². The second-order valence-corrected chi connectivity index (χ2v) is 4.77. The number of nitrogens with zero attached hydrogens (tertiary/aromatic N) is 3. The Morgan fingerprint density at radius 2 is 1.83 bits per heavy atom. The maximum absolute atomic E-state index is 5.59. The fourth-order valence-electron chi connectivity index (χ4n) is 1.56. The van der Waals surface area contributed by atoms with Gasteiger partial charge in [0, 0.05) is 15.7 Å². The van der Waals surface area contributed by atoms with Gasteiger partial charge in [0.25, 0.3) is 5.89 Å². The molecule has 0 aliphatic rings. The van der Waals surface area contributed by atoms with E-state index >= 15 is 0 Å². The zero-order valence-corrected chi connectivity index (χ0v) is 11.1. The summed E-state index contributed by atoms with van der Waals surface area (Å²) in [7, 11) is 0. The monoisotopic (exact) mass is 304 g/mol. The number of aromatic nitrogens is 4. The van der Waals surface area contributed by atoms with E-state index in [1.165, 1.54) is 0 Å².